The van der Waals surface area contributed by atoms with Gasteiger partial charge in [-0.2, -0.15) is 5.10 Å². The molecule has 0 saturated heterocycles. The first kappa shape index (κ1) is 18.2. The third-order valence-electron chi connectivity index (χ3n) is 4.00. The number of anilines is 1. The largest absolute Gasteiger partial charge is 0.465 e. The summed E-state index contributed by atoms with van der Waals surface area (Å²) >= 11 is 0. The van der Waals surface area contributed by atoms with Crippen LogP contribution in [0.3, 0.4) is 0 Å². The molecule has 0 radical (unpaired) electrons. The normalized spacial score (nSPS) is 13.5. The summed E-state index contributed by atoms with van der Waals surface area (Å²) in [6.07, 6.45) is 8.43. The zero-order chi connectivity index (χ0) is 19.4. The van der Waals surface area contributed by atoms with Crippen molar-refractivity contribution >= 4 is 17.6 Å². The number of methoxy groups -OCH3 is 2. The maximum absolute atomic E-state index is 12.6. The number of aromatic nitrogens is 2. The second-order valence-corrected chi connectivity index (χ2v) is 5.71. The van der Waals surface area contributed by atoms with Crippen molar-refractivity contribution in [3.8, 4) is 5.69 Å². The van der Waals surface area contributed by atoms with Crippen LogP contribution in [0.25, 0.3) is 5.69 Å². The highest BCUT2D eigenvalue weighted by Gasteiger charge is 2.28. The quantitative estimate of drug-likeness (QED) is 0.776. The number of esters is 2. The highest BCUT2D eigenvalue weighted by Crippen LogP contribution is 2.31. The lowest BCUT2D eigenvalue weighted by Gasteiger charge is -2.25. The maximum atomic E-state index is 12.6. The van der Waals surface area contributed by atoms with E-state index in [4.69, 9.17) is 9.47 Å². The lowest BCUT2D eigenvalue weighted by molar-refractivity contribution is -0.139. The Kier molecular flexibility index (Phi) is 5.21. The van der Waals surface area contributed by atoms with Crippen molar-refractivity contribution in [3.63, 3.8) is 0 Å². The van der Waals surface area contributed by atoms with E-state index in [9.17, 15) is 9.59 Å². The average Bonchev–Trinajstić information content (AvgIpc) is 3.00. The van der Waals surface area contributed by atoms with E-state index in [1.54, 1.807) is 27.9 Å². The Hall–Kier alpha value is -3.61. The number of hydrogen-bond acceptors (Lipinski definition) is 6. The van der Waals surface area contributed by atoms with E-state index in [0.29, 0.717) is 5.69 Å². The van der Waals surface area contributed by atoms with E-state index in [1.807, 2.05) is 43.5 Å². The Morgan fingerprint density at radius 3 is 2.30 bits per heavy atom. The number of carbonyl (C=O) groups excluding carboxylic acids is 2. The molecule has 2 heterocycles. The number of hydrogen-bond donors (Lipinski definition) is 0. The van der Waals surface area contributed by atoms with Crippen molar-refractivity contribution in [2.75, 3.05) is 19.1 Å². The second kappa shape index (κ2) is 7.74. The van der Waals surface area contributed by atoms with Gasteiger partial charge in [-0.15, -0.1) is 0 Å². The van der Waals surface area contributed by atoms with Gasteiger partial charge in [0.2, 0.25) is 0 Å². The monoisotopic (exact) mass is 365 g/mol. The zero-order valence-corrected chi connectivity index (χ0v) is 15.2. The summed E-state index contributed by atoms with van der Waals surface area (Å²) in [5, 5.41) is 4.45. The zero-order valence-electron chi connectivity index (χ0n) is 15.2. The lowest BCUT2D eigenvalue weighted by atomic mass is 10.1. The van der Waals surface area contributed by atoms with Crippen molar-refractivity contribution in [1.82, 2.24) is 9.78 Å². The van der Waals surface area contributed by atoms with Crippen LogP contribution >= 0.6 is 0 Å². The smallest absolute Gasteiger partial charge is 0.355 e. The molecule has 0 bridgehead atoms. The SMILES string of the molecule is COC(=O)C1=C(C(=O)OC)N(c2ccccc2-n2ccc(C)n2)C=CC=C1. The molecule has 3 rings (SSSR count). The summed E-state index contributed by atoms with van der Waals surface area (Å²) < 4.78 is 11.5. The van der Waals surface area contributed by atoms with Crippen LogP contribution in [0.1, 0.15) is 5.69 Å². The van der Waals surface area contributed by atoms with Crippen LogP contribution < -0.4 is 4.90 Å². The Labute approximate surface area is 156 Å². The van der Waals surface area contributed by atoms with Gasteiger partial charge < -0.3 is 14.4 Å². The Bertz CT molecular complexity index is 969. The van der Waals surface area contributed by atoms with Crippen LogP contribution in [0, 0.1) is 6.92 Å². The van der Waals surface area contributed by atoms with E-state index < -0.39 is 11.9 Å². The van der Waals surface area contributed by atoms with Gasteiger partial charge >= 0.3 is 11.9 Å². The number of para-hydroxylation sites is 2. The number of carbonyl (C=O) groups is 2. The highest BCUT2D eigenvalue weighted by molar-refractivity contribution is 6.05. The molecule has 1 aromatic carbocycles. The molecule has 0 N–H and O–H groups in total. The molecule has 0 aliphatic carbocycles. The molecule has 7 nitrogen and oxygen atoms in total. The fraction of sp³-hybridized carbons (Fsp3) is 0.150. The molecule has 7 heteroatoms. The molecule has 0 atom stereocenters. The number of allylic oxidation sites excluding steroid dienone is 2. The molecule has 27 heavy (non-hydrogen) atoms. The van der Waals surface area contributed by atoms with Crippen molar-refractivity contribution in [2.45, 2.75) is 6.92 Å². The number of ether oxygens (including phenoxy) is 2. The van der Waals surface area contributed by atoms with E-state index in [0.717, 1.165) is 11.4 Å². The van der Waals surface area contributed by atoms with Gasteiger partial charge in [-0.1, -0.05) is 18.2 Å². The third kappa shape index (κ3) is 3.52. The second-order valence-electron chi connectivity index (χ2n) is 5.71. The first-order chi connectivity index (χ1) is 13.1. The number of nitrogens with zero attached hydrogens (tertiary/aromatic N) is 3. The van der Waals surface area contributed by atoms with Crippen molar-refractivity contribution < 1.29 is 19.1 Å². The average molecular weight is 365 g/mol. The van der Waals surface area contributed by atoms with Gasteiger partial charge in [-0.3, -0.25) is 0 Å². The third-order valence-corrected chi connectivity index (χ3v) is 4.00. The first-order valence-electron chi connectivity index (χ1n) is 8.23. The van der Waals surface area contributed by atoms with E-state index in [2.05, 4.69) is 5.10 Å². The van der Waals surface area contributed by atoms with Crippen molar-refractivity contribution in [1.29, 1.82) is 0 Å². The molecule has 0 spiro atoms. The topological polar surface area (TPSA) is 73.7 Å². The molecule has 1 aliphatic heterocycles. The molecular formula is C20H19N3O4. The summed E-state index contributed by atoms with van der Waals surface area (Å²) in [5.41, 5.74) is 2.41. The maximum Gasteiger partial charge on any atom is 0.355 e. The Morgan fingerprint density at radius 1 is 0.963 bits per heavy atom. The van der Waals surface area contributed by atoms with Crippen LogP contribution in [-0.2, 0) is 19.1 Å². The van der Waals surface area contributed by atoms with Crippen LogP contribution in [0.5, 0.6) is 0 Å². The predicted molar refractivity (Wildman–Crippen MR) is 100 cm³/mol. The molecule has 138 valence electrons. The number of aryl methyl sites for hydroxylation is 1. The molecular weight excluding hydrogens is 346 g/mol. The molecule has 0 saturated carbocycles. The van der Waals surface area contributed by atoms with Gasteiger partial charge in [0.25, 0.3) is 0 Å². The molecule has 2 aromatic rings. The predicted octanol–water partition coefficient (Wildman–Crippen LogP) is 2.67. The van der Waals surface area contributed by atoms with Crippen LogP contribution in [0.15, 0.2) is 72.2 Å². The van der Waals surface area contributed by atoms with Gasteiger partial charge in [0.1, 0.15) is 5.70 Å². The minimum absolute atomic E-state index is 0.0608. The first-order valence-corrected chi connectivity index (χ1v) is 8.23. The fourth-order valence-electron chi connectivity index (χ4n) is 2.76. The van der Waals surface area contributed by atoms with Crippen LogP contribution in [0.2, 0.25) is 0 Å². The number of benzene rings is 1. The minimum atomic E-state index is -0.655. The Balaban J connectivity index is 2.23. The summed E-state index contributed by atoms with van der Waals surface area (Å²) in [5.74, 6) is -1.29. The Morgan fingerprint density at radius 2 is 1.67 bits per heavy atom. The summed E-state index contributed by atoms with van der Waals surface area (Å²) in [6, 6.07) is 9.31. The summed E-state index contributed by atoms with van der Waals surface area (Å²) in [4.78, 5) is 26.4. The molecule has 1 aromatic heterocycles. The van der Waals surface area contributed by atoms with Crippen LogP contribution in [0.4, 0.5) is 5.69 Å². The molecule has 0 amide bonds. The molecule has 0 unspecified atom stereocenters. The standard InChI is InChI=1S/C20H19N3O4/c1-14-11-13-23(21-14)17-10-5-4-9-16(17)22-12-7-6-8-15(19(24)26-2)18(22)20(25)27-3/h4-13H,1-3H3. The van der Waals surface area contributed by atoms with Crippen LogP contribution in [-0.4, -0.2) is 35.9 Å². The molecule has 0 fully saturated rings. The van der Waals surface area contributed by atoms with Crippen molar-refractivity contribution in [3.05, 3.63) is 77.9 Å². The minimum Gasteiger partial charge on any atom is -0.465 e. The van der Waals surface area contributed by atoms with E-state index in [-0.39, 0.29) is 11.3 Å². The summed E-state index contributed by atoms with van der Waals surface area (Å²) in [7, 11) is 2.53. The summed E-state index contributed by atoms with van der Waals surface area (Å²) in [6.45, 7) is 1.89. The van der Waals surface area contributed by atoms with Gasteiger partial charge in [-0.25, -0.2) is 14.3 Å². The van der Waals surface area contributed by atoms with E-state index in [1.165, 1.54) is 20.3 Å². The highest BCUT2D eigenvalue weighted by atomic mass is 16.5. The number of rotatable bonds is 4. The lowest BCUT2D eigenvalue weighted by Crippen LogP contribution is -2.27. The van der Waals surface area contributed by atoms with Gasteiger partial charge in [0.15, 0.2) is 0 Å². The van der Waals surface area contributed by atoms with Gasteiger partial charge in [-0.05, 0) is 37.3 Å². The fourth-order valence-corrected chi connectivity index (χ4v) is 2.76. The molecule has 1 aliphatic rings. The van der Waals surface area contributed by atoms with Gasteiger partial charge in [0.05, 0.1) is 36.9 Å². The van der Waals surface area contributed by atoms with Crippen molar-refractivity contribution in [2.24, 2.45) is 0 Å². The van der Waals surface area contributed by atoms with E-state index >= 15 is 0 Å². The van der Waals surface area contributed by atoms with Gasteiger partial charge in [0, 0.05) is 12.4 Å².